The van der Waals surface area contributed by atoms with Gasteiger partial charge in [-0.3, -0.25) is 9.78 Å². The van der Waals surface area contributed by atoms with Crippen molar-refractivity contribution in [3.05, 3.63) is 41.6 Å². The van der Waals surface area contributed by atoms with Crippen LogP contribution in [0.3, 0.4) is 0 Å². The molecule has 13 heteroatoms. The second kappa shape index (κ2) is 10.00. The number of amides is 1. The van der Waals surface area contributed by atoms with Crippen LogP contribution in [0.15, 0.2) is 24.5 Å². The van der Waals surface area contributed by atoms with Gasteiger partial charge < -0.3 is 34.7 Å². The Labute approximate surface area is 198 Å². The van der Waals surface area contributed by atoms with Gasteiger partial charge in [-0.1, -0.05) is 0 Å². The number of carbonyl (C=O) groups excluding carboxylic acids is 1. The first-order valence-corrected chi connectivity index (χ1v) is 10.9. The molecule has 3 N–H and O–H groups in total. The Morgan fingerprint density at radius 2 is 2.09 bits per heavy atom. The van der Waals surface area contributed by atoms with Gasteiger partial charge >= 0.3 is 0 Å². The maximum atomic E-state index is 14.5. The largest absolute Gasteiger partial charge is 0.481 e. The number of aromatic nitrogens is 4. The summed E-state index contributed by atoms with van der Waals surface area (Å²) in [5.74, 6) is 0.00762. The van der Waals surface area contributed by atoms with Crippen LogP contribution < -0.4 is 20.1 Å². The van der Waals surface area contributed by atoms with Gasteiger partial charge in [0.2, 0.25) is 5.88 Å². The molecular formula is C22H23FN6O6. The zero-order valence-electron chi connectivity index (χ0n) is 18.7. The Kier molecular flexibility index (Phi) is 6.63. The average Bonchev–Trinajstić information content (AvgIpc) is 2.88. The maximum absolute atomic E-state index is 14.5. The molecule has 1 saturated heterocycles. The first kappa shape index (κ1) is 23.2. The molecule has 0 spiro atoms. The summed E-state index contributed by atoms with van der Waals surface area (Å²) in [6.07, 6.45) is 0.516. The first-order chi connectivity index (χ1) is 17.0. The number of ether oxygens (including phenoxy) is 4. The third kappa shape index (κ3) is 5.12. The van der Waals surface area contributed by atoms with Crippen LogP contribution in [-0.4, -0.2) is 76.3 Å². The second-order valence-corrected chi connectivity index (χ2v) is 8.04. The van der Waals surface area contributed by atoms with E-state index in [9.17, 15) is 14.3 Å². The van der Waals surface area contributed by atoms with Crippen molar-refractivity contribution in [3.8, 4) is 11.8 Å². The number of aliphatic hydroxyl groups excluding tert-OH is 1. The van der Waals surface area contributed by atoms with Crippen LogP contribution in [0.5, 0.6) is 11.8 Å². The Morgan fingerprint density at radius 1 is 1.26 bits per heavy atom. The summed E-state index contributed by atoms with van der Waals surface area (Å²) >= 11 is 0. The van der Waals surface area contributed by atoms with Crippen molar-refractivity contribution >= 4 is 22.8 Å². The molecule has 35 heavy (non-hydrogen) atoms. The van der Waals surface area contributed by atoms with Gasteiger partial charge in [0.1, 0.15) is 11.9 Å². The molecule has 1 atom stereocenters. The van der Waals surface area contributed by atoms with Gasteiger partial charge in [-0.25, -0.2) is 19.3 Å². The molecule has 12 nitrogen and oxygen atoms in total. The smallest absolute Gasteiger partial charge is 0.263 e. The number of anilines is 1. The van der Waals surface area contributed by atoms with Crippen molar-refractivity contribution in [2.24, 2.45) is 0 Å². The fraction of sp³-hybridized carbons (Fsp3) is 0.409. The summed E-state index contributed by atoms with van der Waals surface area (Å²) in [5.41, 5.74) is 1.60. The van der Waals surface area contributed by atoms with E-state index in [2.05, 4.69) is 30.6 Å². The van der Waals surface area contributed by atoms with Gasteiger partial charge in [0.05, 0.1) is 55.5 Å². The van der Waals surface area contributed by atoms with Gasteiger partial charge in [-0.05, 0) is 6.07 Å². The van der Waals surface area contributed by atoms with Gasteiger partial charge in [0.15, 0.2) is 18.7 Å². The zero-order chi connectivity index (χ0) is 24.4. The van der Waals surface area contributed by atoms with Crippen LogP contribution in [0.1, 0.15) is 11.3 Å². The van der Waals surface area contributed by atoms with E-state index in [0.29, 0.717) is 29.2 Å². The molecular weight excluding hydrogens is 463 g/mol. The molecule has 2 aliphatic rings. The number of halogens is 1. The van der Waals surface area contributed by atoms with Crippen LogP contribution in [0.25, 0.3) is 11.0 Å². The van der Waals surface area contributed by atoms with E-state index in [1.807, 2.05) is 0 Å². The lowest BCUT2D eigenvalue weighted by atomic mass is 10.1. The lowest BCUT2D eigenvalue weighted by Gasteiger charge is -2.32. The fourth-order valence-electron chi connectivity index (χ4n) is 3.79. The number of methoxy groups -OCH3 is 1. The Balaban J connectivity index is 1.16. The zero-order valence-corrected chi connectivity index (χ0v) is 18.7. The van der Waals surface area contributed by atoms with Crippen molar-refractivity contribution in [2.45, 2.75) is 31.4 Å². The Bertz CT molecular complexity index is 1240. The van der Waals surface area contributed by atoms with Crippen molar-refractivity contribution in [1.82, 2.24) is 25.3 Å². The van der Waals surface area contributed by atoms with E-state index in [0.717, 1.165) is 6.20 Å². The number of carbonyl (C=O) groups is 1. The summed E-state index contributed by atoms with van der Waals surface area (Å²) in [4.78, 5) is 28.2. The highest BCUT2D eigenvalue weighted by molar-refractivity contribution is 5.93. The van der Waals surface area contributed by atoms with Crippen LogP contribution in [0, 0.1) is 5.82 Å². The van der Waals surface area contributed by atoms with Crippen molar-refractivity contribution in [2.75, 3.05) is 32.2 Å². The summed E-state index contributed by atoms with van der Waals surface area (Å²) in [6, 6.07) is 3.13. The molecule has 0 aliphatic carbocycles. The van der Waals surface area contributed by atoms with E-state index in [4.69, 9.17) is 18.9 Å². The van der Waals surface area contributed by atoms with Gasteiger partial charge in [-0.15, -0.1) is 0 Å². The lowest BCUT2D eigenvalue weighted by molar-refractivity contribution is -0.230. The molecule has 0 bridgehead atoms. The number of hydrogen-bond donors (Lipinski definition) is 3. The number of nitrogens with zero attached hydrogens (tertiary/aromatic N) is 4. The maximum Gasteiger partial charge on any atom is 0.263 e. The van der Waals surface area contributed by atoms with Gasteiger partial charge in [0.25, 0.3) is 11.8 Å². The van der Waals surface area contributed by atoms with Crippen molar-refractivity contribution in [1.29, 1.82) is 0 Å². The molecule has 3 aromatic rings. The molecule has 1 amide bonds. The Hall–Kier alpha value is -3.52. The predicted octanol–water partition coefficient (Wildman–Crippen LogP) is 0.333. The molecule has 2 aliphatic heterocycles. The van der Waals surface area contributed by atoms with E-state index in [-0.39, 0.29) is 55.5 Å². The SMILES string of the molecule is COc1ccc2ncc(F)c(C[C@H](O)C3OCC(NCc4cnc5c(n4)NC(=O)CO5)CO3)c2n1. The number of aliphatic hydroxyl groups is 1. The lowest BCUT2D eigenvalue weighted by Crippen LogP contribution is -2.48. The quantitative estimate of drug-likeness (QED) is 0.424. The van der Waals surface area contributed by atoms with E-state index in [1.54, 1.807) is 18.3 Å². The minimum absolute atomic E-state index is 0.0771. The normalized spacial score (nSPS) is 20.6. The number of hydrogen-bond acceptors (Lipinski definition) is 11. The fourth-order valence-corrected chi connectivity index (χ4v) is 3.79. The molecule has 3 aromatic heterocycles. The van der Waals surface area contributed by atoms with Crippen LogP contribution >= 0.6 is 0 Å². The van der Waals surface area contributed by atoms with Gasteiger partial charge in [-0.2, -0.15) is 0 Å². The molecule has 0 saturated carbocycles. The minimum Gasteiger partial charge on any atom is -0.481 e. The third-order valence-electron chi connectivity index (χ3n) is 5.56. The molecule has 0 radical (unpaired) electrons. The number of rotatable bonds is 7. The highest BCUT2D eigenvalue weighted by Crippen LogP contribution is 2.24. The average molecular weight is 486 g/mol. The topological polar surface area (TPSA) is 150 Å². The third-order valence-corrected chi connectivity index (χ3v) is 5.56. The Morgan fingerprint density at radius 3 is 2.89 bits per heavy atom. The predicted molar refractivity (Wildman–Crippen MR) is 118 cm³/mol. The molecule has 1 fully saturated rings. The standard InChI is InChI=1S/C22H23FN6O6/c1-32-18-3-2-15-19(29-18)13(14(23)7-25-15)4-16(30)22-34-8-12(9-35-22)24-5-11-6-26-21-20(27-11)28-17(31)10-33-21/h2-3,6-7,12,16,22,24,30H,4-5,8-10H2,1H3,(H,27,28,31)/t12?,16-,22?/m0/s1. The number of nitrogens with one attached hydrogen (secondary N) is 2. The van der Waals surface area contributed by atoms with Crippen molar-refractivity contribution < 1.29 is 33.2 Å². The van der Waals surface area contributed by atoms with Crippen molar-refractivity contribution in [3.63, 3.8) is 0 Å². The molecule has 0 unspecified atom stereocenters. The molecule has 5 heterocycles. The van der Waals surface area contributed by atoms with Crippen LogP contribution in [-0.2, 0) is 27.2 Å². The number of pyridine rings is 2. The monoisotopic (exact) mass is 486 g/mol. The summed E-state index contributed by atoms with van der Waals surface area (Å²) < 4.78 is 36.2. The van der Waals surface area contributed by atoms with E-state index >= 15 is 0 Å². The van der Waals surface area contributed by atoms with E-state index < -0.39 is 18.2 Å². The number of fused-ring (bicyclic) bond motifs is 2. The molecule has 5 rings (SSSR count). The summed E-state index contributed by atoms with van der Waals surface area (Å²) in [5, 5.41) is 16.5. The highest BCUT2D eigenvalue weighted by atomic mass is 19.1. The van der Waals surface area contributed by atoms with Crippen LogP contribution in [0.2, 0.25) is 0 Å². The van der Waals surface area contributed by atoms with Gasteiger partial charge in [0, 0.05) is 24.6 Å². The highest BCUT2D eigenvalue weighted by Gasteiger charge is 2.30. The first-order valence-electron chi connectivity index (χ1n) is 10.9. The minimum atomic E-state index is -1.13. The summed E-state index contributed by atoms with van der Waals surface area (Å²) in [7, 11) is 1.47. The van der Waals surface area contributed by atoms with Crippen LogP contribution in [0.4, 0.5) is 10.2 Å². The molecule has 0 aromatic carbocycles. The molecule has 184 valence electrons. The second-order valence-electron chi connectivity index (χ2n) is 8.04. The van der Waals surface area contributed by atoms with E-state index in [1.165, 1.54) is 7.11 Å². The summed E-state index contributed by atoms with van der Waals surface area (Å²) in [6.45, 7) is 0.775.